The van der Waals surface area contributed by atoms with Gasteiger partial charge in [-0.25, -0.2) is 0 Å². The first kappa shape index (κ1) is 19.4. The summed E-state index contributed by atoms with van der Waals surface area (Å²) in [4.78, 5) is 10.3. The summed E-state index contributed by atoms with van der Waals surface area (Å²) in [6.45, 7) is 0. The average Bonchev–Trinajstić information content (AvgIpc) is 2.33. The van der Waals surface area contributed by atoms with Crippen LogP contribution in [0.1, 0.15) is 77.0 Å². The fourth-order valence-corrected chi connectivity index (χ4v) is 2.72. The van der Waals surface area contributed by atoms with Gasteiger partial charge in [0.2, 0.25) is 0 Å². The maximum absolute atomic E-state index is 10.5. The van der Waals surface area contributed by atoms with Gasteiger partial charge >= 0.3 is 5.97 Å². The summed E-state index contributed by atoms with van der Waals surface area (Å²) in [5.41, 5.74) is 0. The molecule has 0 amide bonds. The van der Waals surface area contributed by atoms with E-state index in [-0.39, 0.29) is 12.2 Å². The minimum atomic E-state index is -3.78. The van der Waals surface area contributed by atoms with Gasteiger partial charge in [0, 0.05) is 6.42 Å². The molecule has 0 rings (SSSR count). The van der Waals surface area contributed by atoms with Crippen molar-refractivity contribution in [1.82, 2.24) is 0 Å². The Kier molecular flexibility index (Phi) is 11.8. The van der Waals surface area contributed by atoms with Gasteiger partial charge < -0.3 is 5.11 Å². The van der Waals surface area contributed by atoms with Crippen LogP contribution in [0.4, 0.5) is 0 Å². The van der Waals surface area contributed by atoms with Crippen molar-refractivity contribution in [3.05, 3.63) is 0 Å². The molecule has 2 N–H and O–H groups in total. The molecule has 5 nitrogen and oxygen atoms in total. The highest BCUT2D eigenvalue weighted by Crippen LogP contribution is 2.12. The number of carboxylic acid groups (broad SMARTS) is 1. The van der Waals surface area contributed by atoms with Crippen LogP contribution >= 0.6 is 0 Å². The number of carboxylic acids is 1. The largest absolute Gasteiger partial charge is 0.481 e. The summed E-state index contributed by atoms with van der Waals surface area (Å²) in [6.07, 6.45) is 11.4. The molecule has 0 atom stereocenters. The average molecular weight is 308 g/mol. The Hall–Kier alpha value is -0.620. The zero-order valence-electron chi connectivity index (χ0n) is 12.2. The molecule has 20 heavy (non-hydrogen) atoms. The molecule has 6 heteroatoms. The number of carbonyl (C=O) groups is 1. The third-order valence-electron chi connectivity index (χ3n) is 3.29. The zero-order chi connectivity index (χ0) is 15.3. The highest BCUT2D eigenvalue weighted by Gasteiger charge is 2.02. The van der Waals surface area contributed by atoms with E-state index in [4.69, 9.17) is 9.66 Å². The second kappa shape index (κ2) is 12.1. The molecule has 120 valence electrons. The lowest BCUT2D eigenvalue weighted by atomic mass is 10.1. The highest BCUT2D eigenvalue weighted by atomic mass is 32.2. The van der Waals surface area contributed by atoms with Crippen LogP contribution in [0.25, 0.3) is 0 Å². The molecule has 0 aromatic heterocycles. The van der Waals surface area contributed by atoms with Crippen LogP contribution in [0, 0.1) is 0 Å². The van der Waals surface area contributed by atoms with Crippen molar-refractivity contribution in [3.63, 3.8) is 0 Å². The van der Waals surface area contributed by atoms with Gasteiger partial charge in [-0.15, -0.1) is 0 Å². The Balaban J connectivity index is 3.08. The predicted molar refractivity (Wildman–Crippen MR) is 79.5 cm³/mol. The van der Waals surface area contributed by atoms with E-state index in [0.29, 0.717) is 6.42 Å². The van der Waals surface area contributed by atoms with Gasteiger partial charge in [-0.1, -0.05) is 57.8 Å². The SMILES string of the molecule is O=C(O)CCCCCCCCCCCCCS(=O)(=O)O. The van der Waals surface area contributed by atoms with Crippen molar-refractivity contribution >= 4 is 16.1 Å². The molecule has 0 fully saturated rings. The van der Waals surface area contributed by atoms with Crippen molar-refractivity contribution in [2.45, 2.75) is 77.0 Å². The number of unbranched alkanes of at least 4 members (excludes halogenated alkanes) is 10. The summed E-state index contributed by atoms with van der Waals surface area (Å²) < 4.78 is 29.5. The third kappa shape index (κ3) is 17.4. The molecule has 0 aliphatic heterocycles. The van der Waals surface area contributed by atoms with Crippen molar-refractivity contribution in [1.29, 1.82) is 0 Å². The van der Waals surface area contributed by atoms with E-state index in [2.05, 4.69) is 0 Å². The van der Waals surface area contributed by atoms with E-state index >= 15 is 0 Å². The molecule has 0 radical (unpaired) electrons. The van der Waals surface area contributed by atoms with E-state index in [1.54, 1.807) is 0 Å². The molecule has 0 unspecified atom stereocenters. The molecule has 0 saturated carbocycles. The zero-order valence-corrected chi connectivity index (χ0v) is 13.0. The van der Waals surface area contributed by atoms with E-state index in [1.165, 1.54) is 25.7 Å². The lowest BCUT2D eigenvalue weighted by Gasteiger charge is -2.02. The Morgan fingerprint density at radius 1 is 0.700 bits per heavy atom. The molecule has 0 aromatic rings. The number of aliphatic carboxylic acids is 1. The molecule has 0 aliphatic carbocycles. The summed E-state index contributed by atoms with van der Waals surface area (Å²) in [7, 11) is -3.78. The fourth-order valence-electron chi connectivity index (χ4n) is 2.15. The van der Waals surface area contributed by atoms with Crippen LogP contribution in [0.2, 0.25) is 0 Å². The van der Waals surface area contributed by atoms with Crippen LogP contribution in [0.15, 0.2) is 0 Å². The van der Waals surface area contributed by atoms with Gasteiger partial charge in [0.15, 0.2) is 0 Å². The van der Waals surface area contributed by atoms with Crippen molar-refractivity contribution < 1.29 is 22.9 Å². The monoisotopic (exact) mass is 308 g/mol. The minimum absolute atomic E-state index is 0.122. The maximum Gasteiger partial charge on any atom is 0.303 e. The number of hydrogen-bond acceptors (Lipinski definition) is 3. The predicted octanol–water partition coefficient (Wildman–Crippen LogP) is 3.64. The summed E-state index contributed by atoms with van der Waals surface area (Å²) in [5.74, 6) is -0.831. The second-order valence-corrected chi connectivity index (χ2v) is 6.89. The first-order valence-corrected chi connectivity index (χ1v) is 9.20. The first-order chi connectivity index (χ1) is 9.42. The molecule has 0 aliphatic rings. The lowest BCUT2D eigenvalue weighted by Crippen LogP contribution is -2.03. The topological polar surface area (TPSA) is 91.7 Å². The Morgan fingerprint density at radius 2 is 1.05 bits per heavy atom. The minimum Gasteiger partial charge on any atom is -0.481 e. The smallest absolute Gasteiger partial charge is 0.303 e. The quantitative estimate of drug-likeness (QED) is 0.377. The molecule has 0 spiro atoms. The molecule has 0 bridgehead atoms. The maximum atomic E-state index is 10.5. The highest BCUT2D eigenvalue weighted by molar-refractivity contribution is 7.85. The molecular weight excluding hydrogens is 280 g/mol. The molecule has 0 heterocycles. The van der Waals surface area contributed by atoms with Crippen LogP contribution < -0.4 is 0 Å². The van der Waals surface area contributed by atoms with E-state index in [9.17, 15) is 13.2 Å². The number of hydrogen-bond donors (Lipinski definition) is 2. The normalized spacial score (nSPS) is 11.7. The van der Waals surface area contributed by atoms with Crippen molar-refractivity contribution in [2.24, 2.45) is 0 Å². The van der Waals surface area contributed by atoms with Gasteiger partial charge in [-0.3, -0.25) is 9.35 Å². The van der Waals surface area contributed by atoms with E-state index in [0.717, 1.165) is 38.5 Å². The molecule has 0 saturated heterocycles. The lowest BCUT2D eigenvalue weighted by molar-refractivity contribution is -0.137. The van der Waals surface area contributed by atoms with Gasteiger partial charge in [-0.05, 0) is 12.8 Å². The van der Waals surface area contributed by atoms with Crippen LogP contribution in [-0.2, 0) is 14.9 Å². The second-order valence-electron chi connectivity index (χ2n) is 5.32. The van der Waals surface area contributed by atoms with E-state index in [1.807, 2.05) is 0 Å². The Bertz CT molecular complexity index is 337. The Morgan fingerprint density at radius 3 is 1.40 bits per heavy atom. The first-order valence-electron chi connectivity index (χ1n) is 7.59. The standard InChI is InChI=1S/C14H28O5S/c15-14(16)12-10-8-6-4-2-1-3-5-7-9-11-13-20(17,18)19/h1-13H2,(H,15,16)(H,17,18,19). The summed E-state index contributed by atoms with van der Waals surface area (Å²) >= 11 is 0. The number of rotatable bonds is 14. The van der Waals surface area contributed by atoms with Crippen LogP contribution in [0.3, 0.4) is 0 Å². The van der Waals surface area contributed by atoms with Crippen LogP contribution in [-0.4, -0.2) is 29.8 Å². The van der Waals surface area contributed by atoms with Gasteiger partial charge in [0.1, 0.15) is 0 Å². The molecule has 0 aromatic carbocycles. The van der Waals surface area contributed by atoms with Gasteiger partial charge in [0.25, 0.3) is 10.1 Å². The van der Waals surface area contributed by atoms with Gasteiger partial charge in [-0.2, -0.15) is 8.42 Å². The third-order valence-corrected chi connectivity index (χ3v) is 4.10. The van der Waals surface area contributed by atoms with E-state index < -0.39 is 16.1 Å². The summed E-state index contributed by atoms with van der Waals surface area (Å²) in [6, 6.07) is 0. The van der Waals surface area contributed by atoms with Crippen LogP contribution in [0.5, 0.6) is 0 Å². The summed E-state index contributed by atoms with van der Waals surface area (Å²) in [5, 5.41) is 8.47. The van der Waals surface area contributed by atoms with Crippen molar-refractivity contribution in [2.75, 3.05) is 5.75 Å². The Labute approximate surface area is 122 Å². The fraction of sp³-hybridized carbons (Fsp3) is 0.929. The van der Waals surface area contributed by atoms with Gasteiger partial charge in [0.05, 0.1) is 5.75 Å². The van der Waals surface area contributed by atoms with Crippen molar-refractivity contribution in [3.8, 4) is 0 Å². The molecular formula is C14H28O5S.